The number of hydrogen-bond acceptors (Lipinski definition) is 7. The maximum Gasteiger partial charge on any atom is 0.274 e. The Morgan fingerprint density at radius 2 is 1.98 bits per heavy atom. The first kappa shape index (κ1) is 31.9. The van der Waals surface area contributed by atoms with Crippen LogP contribution < -0.4 is 26.8 Å². The quantitative estimate of drug-likeness (QED) is 0.243. The molecule has 4 rings (SSSR count). The number of likely N-dealkylation sites (N-methyl/N-ethyl adjacent to an activating group) is 1. The number of aromatic nitrogens is 3. The molecular formula is C30H43N7O6. The van der Waals surface area contributed by atoms with Gasteiger partial charge in [0.25, 0.3) is 11.5 Å². The van der Waals surface area contributed by atoms with E-state index in [1.165, 1.54) is 46.8 Å². The van der Waals surface area contributed by atoms with Gasteiger partial charge in [0.15, 0.2) is 0 Å². The molecule has 2 fully saturated rings. The molecule has 0 aliphatic heterocycles. The fourth-order valence-corrected chi connectivity index (χ4v) is 6.65. The van der Waals surface area contributed by atoms with Crippen molar-refractivity contribution in [3.63, 3.8) is 0 Å². The van der Waals surface area contributed by atoms with Crippen molar-refractivity contribution < 1.29 is 24.3 Å². The molecule has 13 heteroatoms. The smallest absolute Gasteiger partial charge is 0.274 e. The summed E-state index contributed by atoms with van der Waals surface area (Å²) in [7, 11) is 1.62. The third-order valence-corrected chi connectivity index (χ3v) is 8.47. The maximum absolute atomic E-state index is 13.4. The minimum atomic E-state index is -1.39. The second-order valence-electron chi connectivity index (χ2n) is 12.1. The van der Waals surface area contributed by atoms with Gasteiger partial charge in [0, 0.05) is 25.3 Å². The molecular weight excluding hydrogens is 554 g/mol. The van der Waals surface area contributed by atoms with E-state index in [9.17, 15) is 29.1 Å². The minimum absolute atomic E-state index is 0.0634. The Balaban J connectivity index is 1.45. The van der Waals surface area contributed by atoms with E-state index in [-0.39, 0.29) is 42.2 Å². The molecule has 0 spiro atoms. The lowest BCUT2D eigenvalue weighted by molar-refractivity contribution is -0.130. The van der Waals surface area contributed by atoms with Crippen LogP contribution in [-0.2, 0) is 28.0 Å². The van der Waals surface area contributed by atoms with E-state index in [4.69, 9.17) is 0 Å². The summed E-state index contributed by atoms with van der Waals surface area (Å²) in [6.07, 6.45) is 8.98. The van der Waals surface area contributed by atoms with Gasteiger partial charge in [-0.05, 0) is 69.4 Å². The highest BCUT2D eigenvalue weighted by atomic mass is 16.3. The minimum Gasteiger partial charge on any atom is -0.383 e. The van der Waals surface area contributed by atoms with Gasteiger partial charge in [0.05, 0.1) is 12.5 Å². The molecule has 0 radical (unpaired) electrons. The highest BCUT2D eigenvalue weighted by Gasteiger charge is 2.42. The van der Waals surface area contributed by atoms with E-state index in [0.717, 1.165) is 25.7 Å². The van der Waals surface area contributed by atoms with Crippen LogP contribution >= 0.6 is 0 Å². The number of aliphatic hydroxyl groups excluding tert-OH is 1. The van der Waals surface area contributed by atoms with Gasteiger partial charge in [-0.2, -0.15) is 0 Å². The molecule has 4 amide bonds. The van der Waals surface area contributed by atoms with Crippen molar-refractivity contribution in [2.45, 2.75) is 89.4 Å². The van der Waals surface area contributed by atoms with E-state index < -0.39 is 35.4 Å². The molecule has 2 saturated carbocycles. The number of amides is 4. The van der Waals surface area contributed by atoms with Crippen LogP contribution in [0.2, 0.25) is 0 Å². The van der Waals surface area contributed by atoms with E-state index in [0.29, 0.717) is 18.4 Å². The average molecular weight is 598 g/mol. The van der Waals surface area contributed by atoms with E-state index in [1.807, 2.05) is 0 Å². The fraction of sp³-hybridized carbons (Fsp3) is 0.600. The van der Waals surface area contributed by atoms with E-state index in [2.05, 4.69) is 33.2 Å². The zero-order valence-electron chi connectivity index (χ0n) is 25.1. The number of aliphatic hydroxyl groups is 1. The largest absolute Gasteiger partial charge is 0.383 e. The Kier molecular flexibility index (Phi) is 10.4. The van der Waals surface area contributed by atoms with E-state index >= 15 is 0 Å². The first-order chi connectivity index (χ1) is 20.5. The summed E-state index contributed by atoms with van der Waals surface area (Å²) < 4.78 is 2.73. The second kappa shape index (κ2) is 14.0. The molecule has 2 aromatic heterocycles. The summed E-state index contributed by atoms with van der Waals surface area (Å²) in [5.41, 5.74) is -0.663. The molecule has 4 unspecified atom stereocenters. The third-order valence-electron chi connectivity index (χ3n) is 8.47. The Bertz CT molecular complexity index is 1380. The van der Waals surface area contributed by atoms with Crippen molar-refractivity contribution in [1.29, 1.82) is 0 Å². The topological polar surface area (TPSA) is 176 Å². The first-order valence-electron chi connectivity index (χ1n) is 15.0. The molecule has 2 bridgehead atoms. The van der Waals surface area contributed by atoms with Crippen LogP contribution in [0.3, 0.4) is 0 Å². The van der Waals surface area contributed by atoms with Crippen molar-refractivity contribution in [2.75, 3.05) is 11.9 Å². The molecule has 2 aliphatic carbocycles. The molecule has 5 N–H and O–H groups in total. The summed E-state index contributed by atoms with van der Waals surface area (Å²) in [6, 6.07) is 1.80. The lowest BCUT2D eigenvalue weighted by atomic mass is 9.64. The lowest BCUT2D eigenvalue weighted by Gasteiger charge is -2.48. The summed E-state index contributed by atoms with van der Waals surface area (Å²) in [4.78, 5) is 68.5. The number of pyridine rings is 1. The predicted octanol–water partition coefficient (Wildman–Crippen LogP) is 1.07. The van der Waals surface area contributed by atoms with Gasteiger partial charge in [-0.3, -0.25) is 24.0 Å². The van der Waals surface area contributed by atoms with Gasteiger partial charge < -0.3 is 35.5 Å². The SMILES string of the molecule is CCNC(=O)C(O)CC[C@H](NC(=O)c1cncn1C)C(=O)Nc1cccn(CC(=O)NC23CCCC(CC(C)C2)C3)c1=O. The zero-order valence-corrected chi connectivity index (χ0v) is 25.1. The highest BCUT2D eigenvalue weighted by Crippen LogP contribution is 2.45. The lowest BCUT2D eigenvalue weighted by Crippen LogP contribution is -2.55. The third kappa shape index (κ3) is 8.09. The number of carbonyl (C=O) groups is 4. The molecule has 0 saturated heterocycles. The molecule has 2 heterocycles. The molecule has 5 atom stereocenters. The number of rotatable bonds is 12. The van der Waals surface area contributed by atoms with Crippen LogP contribution in [0.4, 0.5) is 5.69 Å². The summed E-state index contributed by atoms with van der Waals surface area (Å²) in [5, 5.41) is 21.1. The summed E-state index contributed by atoms with van der Waals surface area (Å²) in [6.45, 7) is 4.08. The number of fused-ring (bicyclic) bond motifs is 2. The van der Waals surface area contributed by atoms with Crippen molar-refractivity contribution in [3.05, 3.63) is 46.9 Å². The average Bonchev–Trinajstić information content (AvgIpc) is 3.38. The molecule has 43 heavy (non-hydrogen) atoms. The zero-order chi connectivity index (χ0) is 31.1. The van der Waals surface area contributed by atoms with Gasteiger partial charge in [-0.1, -0.05) is 19.8 Å². The molecule has 13 nitrogen and oxygen atoms in total. The van der Waals surface area contributed by atoms with Crippen molar-refractivity contribution in [3.8, 4) is 0 Å². The fourth-order valence-electron chi connectivity index (χ4n) is 6.65. The normalized spacial score (nSPS) is 22.6. The maximum atomic E-state index is 13.4. The number of aryl methyl sites for hydroxylation is 1. The second-order valence-corrected chi connectivity index (χ2v) is 12.1. The number of nitrogens with zero attached hydrogens (tertiary/aromatic N) is 3. The number of imidazole rings is 1. The standard InChI is InChI=1S/C30H43N7O6/c1-4-32-28(42)24(38)10-9-21(33-27(41)23-16-31-18-36(23)3)26(40)34-22-8-6-12-37(29(22)43)17-25(39)35-30-11-5-7-20(15-30)13-19(2)14-30/h6,8,12,16,18-21,24,38H,4-5,7,9-11,13-15,17H2,1-3H3,(H,32,42)(H,33,41)(H,34,40)(H,35,39)/t19?,20?,21-,24?,30?/m0/s1. The Labute approximate surface area is 250 Å². The van der Waals surface area contributed by atoms with Gasteiger partial charge in [0.1, 0.15) is 30.1 Å². The summed E-state index contributed by atoms with van der Waals surface area (Å²) in [5.74, 6) is -0.977. The molecule has 2 aromatic rings. The van der Waals surface area contributed by atoms with Crippen LogP contribution in [-0.4, -0.2) is 67.1 Å². The molecule has 234 valence electrons. The Morgan fingerprint density at radius 3 is 2.70 bits per heavy atom. The predicted molar refractivity (Wildman–Crippen MR) is 159 cm³/mol. The number of carbonyl (C=O) groups excluding carboxylic acids is 4. The van der Waals surface area contributed by atoms with Crippen LogP contribution in [0.15, 0.2) is 35.6 Å². The van der Waals surface area contributed by atoms with Crippen molar-refractivity contribution in [1.82, 2.24) is 30.1 Å². The van der Waals surface area contributed by atoms with Crippen LogP contribution in [0, 0.1) is 11.8 Å². The van der Waals surface area contributed by atoms with E-state index in [1.54, 1.807) is 20.0 Å². The Hall–Kier alpha value is -4.00. The van der Waals surface area contributed by atoms with Gasteiger partial charge in [-0.15, -0.1) is 0 Å². The number of hydrogen-bond donors (Lipinski definition) is 5. The molecule has 2 aliphatic rings. The number of nitrogens with one attached hydrogen (secondary N) is 4. The van der Waals surface area contributed by atoms with Gasteiger partial charge in [0.2, 0.25) is 17.7 Å². The van der Waals surface area contributed by atoms with Crippen LogP contribution in [0.5, 0.6) is 0 Å². The van der Waals surface area contributed by atoms with Crippen molar-refractivity contribution >= 4 is 29.3 Å². The Morgan fingerprint density at radius 1 is 1.19 bits per heavy atom. The highest BCUT2D eigenvalue weighted by molar-refractivity contribution is 6.00. The van der Waals surface area contributed by atoms with Crippen molar-refractivity contribution in [2.24, 2.45) is 18.9 Å². The first-order valence-corrected chi connectivity index (χ1v) is 15.0. The number of anilines is 1. The van der Waals surface area contributed by atoms with Crippen LogP contribution in [0.25, 0.3) is 0 Å². The monoisotopic (exact) mass is 597 g/mol. The van der Waals surface area contributed by atoms with Crippen LogP contribution in [0.1, 0.15) is 75.7 Å². The summed E-state index contributed by atoms with van der Waals surface area (Å²) >= 11 is 0. The van der Waals surface area contributed by atoms with Gasteiger partial charge >= 0.3 is 0 Å². The van der Waals surface area contributed by atoms with Gasteiger partial charge in [-0.25, -0.2) is 4.98 Å². The molecule has 0 aromatic carbocycles.